The molecular weight excluding hydrogens is 177 g/mol. The summed E-state index contributed by atoms with van der Waals surface area (Å²) < 4.78 is 12.0. The van der Waals surface area contributed by atoms with Crippen molar-refractivity contribution in [2.24, 2.45) is 5.92 Å². The van der Waals surface area contributed by atoms with Crippen LogP contribution in [0.25, 0.3) is 0 Å². The summed E-state index contributed by atoms with van der Waals surface area (Å²) in [6.45, 7) is 10.9. The summed E-state index contributed by atoms with van der Waals surface area (Å²) in [5, 5.41) is 3.28. The summed E-state index contributed by atoms with van der Waals surface area (Å²) in [5.41, 5.74) is 0. The van der Waals surface area contributed by atoms with Crippen LogP contribution in [-0.2, 0) is 0 Å². The van der Waals surface area contributed by atoms with Crippen molar-refractivity contribution in [3.05, 3.63) is 25.1 Å². The van der Waals surface area contributed by atoms with Gasteiger partial charge in [0.2, 0.25) is 0 Å². The summed E-state index contributed by atoms with van der Waals surface area (Å²) >= 11 is 0. The van der Waals surface area contributed by atoms with Crippen molar-refractivity contribution in [1.82, 2.24) is 5.32 Å². The van der Waals surface area contributed by atoms with Crippen molar-refractivity contribution in [1.29, 1.82) is 0 Å². The Morgan fingerprint density at radius 2 is 2.00 bits per heavy atom. The Kier molecular flexibility index (Phi) is 8.54. The van der Waals surface area contributed by atoms with Gasteiger partial charge in [0.1, 0.15) is 0 Å². The zero-order valence-electron chi connectivity index (χ0n) is 9.19. The Morgan fingerprint density at radius 3 is 2.14 bits per heavy atom. The fourth-order valence-electron chi connectivity index (χ4n) is 1.18. The molecule has 1 rings (SSSR count). The smallest absolute Gasteiger partial charge is 0.0959 e. The first-order valence-corrected chi connectivity index (χ1v) is 5.34. The normalized spacial score (nSPS) is 17.6. The molecular formula is C12H22FN. The Bertz CT molecular complexity index is 150. The molecule has 1 heterocycles. The lowest BCUT2D eigenvalue weighted by molar-refractivity contribution is 0.500. The minimum atomic E-state index is -0.259. The molecule has 1 N–H and O–H groups in total. The van der Waals surface area contributed by atoms with E-state index in [1.54, 1.807) is 13.0 Å². The highest BCUT2D eigenvalue weighted by Gasteiger charge is 2.00. The van der Waals surface area contributed by atoms with Crippen LogP contribution in [0.5, 0.6) is 0 Å². The minimum absolute atomic E-state index is 0.0625. The molecule has 0 saturated carbocycles. The molecule has 2 heteroatoms. The second-order valence-corrected chi connectivity index (χ2v) is 3.68. The maximum Gasteiger partial charge on any atom is 0.0959 e. The molecule has 1 aliphatic heterocycles. The molecule has 0 bridgehead atoms. The van der Waals surface area contributed by atoms with Gasteiger partial charge in [-0.05, 0) is 32.4 Å². The first kappa shape index (κ1) is 13.4. The third-order valence-corrected chi connectivity index (χ3v) is 2.26. The van der Waals surface area contributed by atoms with Crippen molar-refractivity contribution < 1.29 is 4.39 Å². The van der Waals surface area contributed by atoms with Crippen LogP contribution in [0, 0.1) is 5.92 Å². The van der Waals surface area contributed by atoms with Crippen LogP contribution in [0.15, 0.2) is 25.1 Å². The van der Waals surface area contributed by atoms with E-state index in [9.17, 15) is 4.39 Å². The highest BCUT2D eigenvalue weighted by atomic mass is 19.1. The topological polar surface area (TPSA) is 12.0 Å². The van der Waals surface area contributed by atoms with E-state index in [1.807, 2.05) is 0 Å². The zero-order valence-corrected chi connectivity index (χ0v) is 9.19. The standard InChI is InChI=1S/C7H11F.C5H11N/c1-4-5-6(2)7(3)8;1-2-4-6-5-3-1/h4,6H,1,3,5H2,2H3;6H,1-5H2. The molecule has 1 nitrogen and oxygen atoms in total. The minimum Gasteiger partial charge on any atom is -0.317 e. The van der Waals surface area contributed by atoms with Crippen LogP contribution in [0.2, 0.25) is 0 Å². The molecule has 1 unspecified atom stereocenters. The average molecular weight is 199 g/mol. The lowest BCUT2D eigenvalue weighted by Crippen LogP contribution is -2.21. The van der Waals surface area contributed by atoms with E-state index in [4.69, 9.17) is 0 Å². The van der Waals surface area contributed by atoms with E-state index < -0.39 is 0 Å². The fraction of sp³-hybridized carbons (Fsp3) is 0.667. The number of rotatable bonds is 3. The lowest BCUT2D eigenvalue weighted by atomic mass is 10.1. The van der Waals surface area contributed by atoms with Gasteiger partial charge < -0.3 is 5.32 Å². The molecule has 1 aliphatic rings. The maximum absolute atomic E-state index is 12.0. The van der Waals surface area contributed by atoms with Gasteiger partial charge >= 0.3 is 0 Å². The molecule has 0 aliphatic carbocycles. The molecule has 0 amide bonds. The zero-order chi connectivity index (χ0) is 10.8. The monoisotopic (exact) mass is 199 g/mol. The number of nitrogens with one attached hydrogen (secondary N) is 1. The fourth-order valence-corrected chi connectivity index (χ4v) is 1.18. The summed E-state index contributed by atoms with van der Waals surface area (Å²) in [5.74, 6) is -0.322. The molecule has 14 heavy (non-hydrogen) atoms. The van der Waals surface area contributed by atoms with E-state index in [-0.39, 0.29) is 11.7 Å². The largest absolute Gasteiger partial charge is 0.317 e. The Labute approximate surface area is 87.1 Å². The number of halogens is 1. The van der Waals surface area contributed by atoms with Gasteiger partial charge in [-0.1, -0.05) is 26.0 Å². The highest BCUT2D eigenvalue weighted by molar-refractivity contribution is 4.90. The molecule has 0 radical (unpaired) electrons. The van der Waals surface area contributed by atoms with Gasteiger partial charge in [-0.15, -0.1) is 6.58 Å². The van der Waals surface area contributed by atoms with E-state index >= 15 is 0 Å². The van der Waals surface area contributed by atoms with E-state index in [1.165, 1.54) is 32.4 Å². The molecule has 1 saturated heterocycles. The van der Waals surface area contributed by atoms with E-state index in [2.05, 4.69) is 18.5 Å². The van der Waals surface area contributed by atoms with Gasteiger partial charge in [-0.3, -0.25) is 0 Å². The summed E-state index contributed by atoms with van der Waals surface area (Å²) in [6.07, 6.45) is 6.58. The Balaban J connectivity index is 0.000000249. The average Bonchev–Trinajstić information content (AvgIpc) is 2.21. The van der Waals surface area contributed by atoms with Crippen LogP contribution in [0.4, 0.5) is 4.39 Å². The first-order valence-electron chi connectivity index (χ1n) is 5.34. The number of hydrogen-bond donors (Lipinski definition) is 1. The summed E-state index contributed by atoms with van der Waals surface area (Å²) in [6, 6.07) is 0. The van der Waals surface area contributed by atoms with Crippen molar-refractivity contribution in [3.8, 4) is 0 Å². The molecule has 0 spiro atoms. The van der Waals surface area contributed by atoms with Gasteiger partial charge in [-0.2, -0.15) is 0 Å². The summed E-state index contributed by atoms with van der Waals surface area (Å²) in [7, 11) is 0. The van der Waals surface area contributed by atoms with E-state index in [0.717, 1.165) is 0 Å². The van der Waals surface area contributed by atoms with Crippen LogP contribution in [-0.4, -0.2) is 13.1 Å². The molecule has 82 valence electrons. The highest BCUT2D eigenvalue weighted by Crippen LogP contribution is 2.12. The van der Waals surface area contributed by atoms with E-state index in [0.29, 0.717) is 6.42 Å². The van der Waals surface area contributed by atoms with Crippen LogP contribution in [0.3, 0.4) is 0 Å². The molecule has 0 aromatic heterocycles. The maximum atomic E-state index is 12.0. The SMILES string of the molecule is C1CCNCC1.C=CCC(C)C(=C)F. The third kappa shape index (κ3) is 7.99. The number of allylic oxidation sites excluding steroid dienone is 2. The molecule has 1 fully saturated rings. The van der Waals surface area contributed by atoms with Gasteiger partial charge in [0.25, 0.3) is 0 Å². The van der Waals surface area contributed by atoms with Crippen LogP contribution in [0.1, 0.15) is 32.6 Å². The predicted molar refractivity (Wildman–Crippen MR) is 60.9 cm³/mol. The number of hydrogen-bond acceptors (Lipinski definition) is 1. The van der Waals surface area contributed by atoms with Gasteiger partial charge in [0, 0.05) is 5.92 Å². The number of piperidine rings is 1. The van der Waals surface area contributed by atoms with Crippen molar-refractivity contribution >= 4 is 0 Å². The van der Waals surface area contributed by atoms with Crippen molar-refractivity contribution in [2.75, 3.05) is 13.1 Å². The third-order valence-electron chi connectivity index (χ3n) is 2.26. The molecule has 1 atom stereocenters. The summed E-state index contributed by atoms with van der Waals surface area (Å²) in [4.78, 5) is 0. The quantitative estimate of drug-likeness (QED) is 0.686. The van der Waals surface area contributed by atoms with Gasteiger partial charge in [0.05, 0.1) is 5.83 Å². The first-order chi connectivity index (χ1) is 6.68. The predicted octanol–water partition coefficient (Wildman–Crippen LogP) is 3.44. The second kappa shape index (κ2) is 8.95. The second-order valence-electron chi connectivity index (χ2n) is 3.68. The van der Waals surface area contributed by atoms with Crippen LogP contribution >= 0.6 is 0 Å². The van der Waals surface area contributed by atoms with Crippen molar-refractivity contribution in [3.63, 3.8) is 0 Å². The van der Waals surface area contributed by atoms with Crippen molar-refractivity contribution in [2.45, 2.75) is 32.6 Å². The molecule has 0 aromatic carbocycles. The van der Waals surface area contributed by atoms with Gasteiger partial charge in [0.15, 0.2) is 0 Å². The molecule has 0 aromatic rings. The van der Waals surface area contributed by atoms with Crippen LogP contribution < -0.4 is 5.32 Å². The lowest BCUT2D eigenvalue weighted by Gasteiger charge is -2.08. The Hall–Kier alpha value is -0.630. The Morgan fingerprint density at radius 1 is 1.43 bits per heavy atom. The van der Waals surface area contributed by atoms with Gasteiger partial charge in [-0.25, -0.2) is 4.39 Å².